The predicted octanol–water partition coefficient (Wildman–Crippen LogP) is 4.96. The van der Waals surface area contributed by atoms with E-state index in [0.29, 0.717) is 35.6 Å². The minimum Gasteiger partial charge on any atom is -0.327 e. The molecule has 2 heterocycles. The van der Waals surface area contributed by atoms with E-state index in [-0.39, 0.29) is 16.3 Å². The number of hydrogen-bond acceptors (Lipinski definition) is 3. The molecular formula is C20H22ClFN4O. The van der Waals surface area contributed by atoms with Crippen molar-refractivity contribution < 1.29 is 9.18 Å². The van der Waals surface area contributed by atoms with Gasteiger partial charge in [0, 0.05) is 19.2 Å². The Kier molecular flexibility index (Phi) is 5.20. The molecule has 0 radical (unpaired) electrons. The van der Waals surface area contributed by atoms with E-state index in [1.54, 1.807) is 13.0 Å². The van der Waals surface area contributed by atoms with Crippen LogP contribution in [-0.2, 0) is 11.3 Å². The maximum atomic E-state index is 13.7. The molecule has 1 N–H and O–H groups in total. The van der Waals surface area contributed by atoms with Gasteiger partial charge in [-0.1, -0.05) is 38.4 Å². The molecule has 3 rings (SSSR count). The first-order valence-electron chi connectivity index (χ1n) is 8.70. The lowest BCUT2D eigenvalue weighted by atomic mass is 9.92. The van der Waals surface area contributed by atoms with Gasteiger partial charge in [-0.2, -0.15) is 0 Å². The highest BCUT2D eigenvalue weighted by Crippen LogP contribution is 2.23. The van der Waals surface area contributed by atoms with Crippen molar-refractivity contribution in [3.8, 4) is 0 Å². The van der Waals surface area contributed by atoms with Gasteiger partial charge in [-0.25, -0.2) is 14.4 Å². The maximum Gasteiger partial charge on any atom is 0.226 e. The lowest BCUT2D eigenvalue weighted by molar-refractivity contribution is -0.117. The van der Waals surface area contributed by atoms with E-state index in [1.807, 2.05) is 37.6 Å². The van der Waals surface area contributed by atoms with Crippen molar-refractivity contribution in [1.29, 1.82) is 0 Å². The Labute approximate surface area is 162 Å². The number of aromatic nitrogens is 3. The first-order chi connectivity index (χ1) is 12.6. The second kappa shape index (κ2) is 7.27. The van der Waals surface area contributed by atoms with E-state index in [2.05, 4.69) is 15.3 Å². The molecule has 27 heavy (non-hydrogen) atoms. The molecule has 3 aromatic rings. The summed E-state index contributed by atoms with van der Waals surface area (Å²) in [4.78, 5) is 21.3. The fourth-order valence-corrected chi connectivity index (χ4v) is 2.93. The molecule has 1 aromatic carbocycles. The molecule has 5 nitrogen and oxygen atoms in total. The van der Waals surface area contributed by atoms with Crippen LogP contribution >= 0.6 is 11.6 Å². The van der Waals surface area contributed by atoms with Gasteiger partial charge >= 0.3 is 0 Å². The molecule has 142 valence electrons. The van der Waals surface area contributed by atoms with E-state index >= 15 is 0 Å². The van der Waals surface area contributed by atoms with Gasteiger partial charge in [-0.05, 0) is 36.1 Å². The third-order valence-electron chi connectivity index (χ3n) is 4.05. The number of hydrogen-bond donors (Lipinski definition) is 1. The molecule has 2 aromatic heterocycles. The highest BCUT2D eigenvalue weighted by Gasteiger charge is 2.18. The fourth-order valence-electron chi connectivity index (χ4n) is 2.81. The molecule has 0 saturated heterocycles. The minimum atomic E-state index is -0.447. The number of nitrogens with zero attached hydrogens (tertiary/aromatic N) is 3. The SMILES string of the molecule is Cc1nc2c(ccn2Cc2ccc(Cl)c(F)c2)nc1NC(=O)CC(C)(C)C. The number of aryl methyl sites for hydroxylation is 1. The number of carbonyl (C=O) groups is 1. The Morgan fingerprint density at radius 3 is 2.67 bits per heavy atom. The van der Waals surface area contributed by atoms with Crippen molar-refractivity contribution in [2.45, 2.75) is 40.7 Å². The van der Waals surface area contributed by atoms with Crippen LogP contribution in [0.15, 0.2) is 30.5 Å². The van der Waals surface area contributed by atoms with Crippen molar-refractivity contribution in [2.24, 2.45) is 5.41 Å². The summed E-state index contributed by atoms with van der Waals surface area (Å²) in [7, 11) is 0. The van der Waals surface area contributed by atoms with E-state index in [1.165, 1.54) is 12.1 Å². The van der Waals surface area contributed by atoms with Crippen LogP contribution in [0.2, 0.25) is 5.02 Å². The van der Waals surface area contributed by atoms with Gasteiger partial charge in [0.15, 0.2) is 11.5 Å². The van der Waals surface area contributed by atoms with Gasteiger partial charge in [-0.3, -0.25) is 4.79 Å². The van der Waals surface area contributed by atoms with Crippen LogP contribution in [0, 0.1) is 18.2 Å². The number of nitrogens with one attached hydrogen (secondary N) is 1. The molecule has 0 aliphatic rings. The second-order valence-corrected chi connectivity index (χ2v) is 8.25. The summed E-state index contributed by atoms with van der Waals surface area (Å²) in [5.41, 5.74) is 2.65. The number of amides is 1. The van der Waals surface area contributed by atoms with E-state index in [9.17, 15) is 9.18 Å². The molecule has 0 unspecified atom stereocenters. The number of benzene rings is 1. The van der Waals surface area contributed by atoms with Crippen LogP contribution in [0.25, 0.3) is 11.2 Å². The average molecular weight is 389 g/mol. The predicted molar refractivity (Wildman–Crippen MR) is 105 cm³/mol. The van der Waals surface area contributed by atoms with Crippen molar-refractivity contribution in [3.05, 3.63) is 52.6 Å². The highest BCUT2D eigenvalue weighted by atomic mass is 35.5. The van der Waals surface area contributed by atoms with Crippen LogP contribution < -0.4 is 5.32 Å². The molecular weight excluding hydrogens is 367 g/mol. The molecule has 0 aliphatic carbocycles. The van der Waals surface area contributed by atoms with Gasteiger partial charge in [0.25, 0.3) is 0 Å². The normalized spacial score (nSPS) is 11.8. The number of anilines is 1. The first kappa shape index (κ1) is 19.3. The smallest absolute Gasteiger partial charge is 0.226 e. The fraction of sp³-hybridized carbons (Fsp3) is 0.350. The zero-order chi connectivity index (χ0) is 19.8. The standard InChI is InChI=1S/C20H22ClFN4O/c1-12-18(25-17(27)10-20(2,3)4)24-16-7-8-26(19(16)23-12)11-13-5-6-14(21)15(22)9-13/h5-9H,10-11H2,1-4H3,(H,24,25,27). The van der Waals surface area contributed by atoms with Crippen LogP contribution in [0.3, 0.4) is 0 Å². The summed E-state index contributed by atoms with van der Waals surface area (Å²) in [6.07, 6.45) is 2.24. The number of rotatable bonds is 4. The third kappa shape index (κ3) is 4.63. The topological polar surface area (TPSA) is 59.8 Å². The Balaban J connectivity index is 1.85. The molecule has 1 amide bonds. The summed E-state index contributed by atoms with van der Waals surface area (Å²) in [5, 5.41) is 2.94. The monoisotopic (exact) mass is 388 g/mol. The zero-order valence-electron chi connectivity index (χ0n) is 15.8. The lowest BCUT2D eigenvalue weighted by Crippen LogP contribution is -2.21. The van der Waals surface area contributed by atoms with Crippen LogP contribution in [0.4, 0.5) is 10.2 Å². The summed E-state index contributed by atoms with van der Waals surface area (Å²) in [6, 6.07) is 6.55. The van der Waals surface area contributed by atoms with Crippen LogP contribution in [0.5, 0.6) is 0 Å². The second-order valence-electron chi connectivity index (χ2n) is 7.84. The minimum absolute atomic E-state index is 0.0877. The van der Waals surface area contributed by atoms with Crippen molar-refractivity contribution >= 4 is 34.5 Å². The largest absolute Gasteiger partial charge is 0.327 e. The quantitative estimate of drug-likeness (QED) is 0.687. The molecule has 0 saturated carbocycles. The van der Waals surface area contributed by atoms with E-state index in [4.69, 9.17) is 11.6 Å². The molecule has 0 aliphatic heterocycles. The molecule has 0 spiro atoms. The average Bonchev–Trinajstić information content (AvgIpc) is 2.91. The summed E-state index contributed by atoms with van der Waals surface area (Å²) >= 11 is 5.74. The maximum absolute atomic E-state index is 13.7. The number of carbonyl (C=O) groups excluding carboxylic acids is 1. The Morgan fingerprint density at radius 1 is 1.26 bits per heavy atom. The van der Waals surface area contributed by atoms with Gasteiger partial charge in [0.05, 0.1) is 10.7 Å². The summed E-state index contributed by atoms with van der Waals surface area (Å²) in [6.45, 7) is 8.27. The summed E-state index contributed by atoms with van der Waals surface area (Å²) < 4.78 is 15.6. The van der Waals surface area contributed by atoms with Gasteiger partial charge in [0.2, 0.25) is 5.91 Å². The number of halogens is 2. The molecule has 0 fully saturated rings. The van der Waals surface area contributed by atoms with Crippen molar-refractivity contribution in [1.82, 2.24) is 14.5 Å². The Morgan fingerprint density at radius 2 is 2.00 bits per heavy atom. The van der Waals surface area contributed by atoms with Crippen molar-refractivity contribution in [3.63, 3.8) is 0 Å². The van der Waals surface area contributed by atoms with Gasteiger partial charge in [-0.15, -0.1) is 0 Å². The first-order valence-corrected chi connectivity index (χ1v) is 9.07. The Bertz CT molecular complexity index is 1010. The van der Waals surface area contributed by atoms with Crippen LogP contribution in [-0.4, -0.2) is 20.4 Å². The Hall–Kier alpha value is -2.47. The molecule has 0 bridgehead atoms. The highest BCUT2D eigenvalue weighted by molar-refractivity contribution is 6.30. The third-order valence-corrected chi connectivity index (χ3v) is 4.35. The van der Waals surface area contributed by atoms with Gasteiger partial charge in [0.1, 0.15) is 11.3 Å². The van der Waals surface area contributed by atoms with Crippen LogP contribution in [0.1, 0.15) is 38.4 Å². The zero-order valence-corrected chi connectivity index (χ0v) is 16.6. The number of fused-ring (bicyclic) bond motifs is 1. The lowest BCUT2D eigenvalue weighted by Gasteiger charge is -2.17. The van der Waals surface area contributed by atoms with Gasteiger partial charge < -0.3 is 9.88 Å². The summed E-state index contributed by atoms with van der Waals surface area (Å²) in [5.74, 6) is -0.0703. The van der Waals surface area contributed by atoms with E-state index in [0.717, 1.165) is 5.56 Å². The van der Waals surface area contributed by atoms with Crippen molar-refractivity contribution in [2.75, 3.05) is 5.32 Å². The van der Waals surface area contributed by atoms with E-state index < -0.39 is 5.82 Å². The molecule has 0 atom stereocenters. The molecule has 7 heteroatoms.